The number of nitrogens with zero attached hydrogens (tertiary/aromatic N) is 3. The predicted molar refractivity (Wildman–Crippen MR) is 136 cm³/mol. The Kier molecular flexibility index (Phi) is 7.39. The van der Waals surface area contributed by atoms with Gasteiger partial charge in [-0.3, -0.25) is 4.79 Å². The van der Waals surface area contributed by atoms with E-state index in [0.717, 1.165) is 30.2 Å². The lowest BCUT2D eigenvalue weighted by molar-refractivity contribution is 0.230. The van der Waals surface area contributed by atoms with E-state index in [1.165, 1.54) is 11.1 Å². The van der Waals surface area contributed by atoms with Gasteiger partial charge >= 0.3 is 0 Å². The third kappa shape index (κ3) is 5.25. The molecule has 6 nitrogen and oxygen atoms in total. The van der Waals surface area contributed by atoms with E-state index in [4.69, 9.17) is 26.1 Å². The van der Waals surface area contributed by atoms with Crippen LogP contribution in [0, 0.1) is 0 Å². The fraction of sp³-hybridized carbons (Fsp3) is 0.400. The first-order valence-electron chi connectivity index (χ1n) is 11.2. The zero-order valence-corrected chi connectivity index (χ0v) is 21.3. The lowest BCUT2D eigenvalue weighted by atomic mass is 9.88. The molecule has 0 unspecified atom stereocenters. The van der Waals surface area contributed by atoms with Gasteiger partial charge in [-0.15, -0.1) is 0 Å². The van der Waals surface area contributed by atoms with Crippen LogP contribution in [0.15, 0.2) is 44.7 Å². The summed E-state index contributed by atoms with van der Waals surface area (Å²) in [6.07, 6.45) is 7.06. The van der Waals surface area contributed by atoms with Crippen LogP contribution in [0.4, 0.5) is 0 Å². The minimum Gasteiger partial charge on any atom is -0.493 e. The van der Waals surface area contributed by atoms with Crippen molar-refractivity contribution in [3.63, 3.8) is 0 Å². The van der Waals surface area contributed by atoms with Gasteiger partial charge in [0.05, 0.1) is 35.4 Å². The number of hydrogen-bond acceptors (Lipinski definition) is 5. The van der Waals surface area contributed by atoms with Crippen molar-refractivity contribution < 1.29 is 9.47 Å². The molecular formula is C25H27BrClN3O3. The van der Waals surface area contributed by atoms with Crippen molar-refractivity contribution in [3.8, 4) is 11.5 Å². The Morgan fingerprint density at radius 2 is 1.97 bits per heavy atom. The molecule has 1 aliphatic carbocycles. The van der Waals surface area contributed by atoms with Crippen LogP contribution in [0.25, 0.3) is 10.9 Å². The highest BCUT2D eigenvalue weighted by Crippen LogP contribution is 2.37. The fourth-order valence-corrected chi connectivity index (χ4v) is 4.82. The summed E-state index contributed by atoms with van der Waals surface area (Å²) in [7, 11) is 1.57. The van der Waals surface area contributed by atoms with E-state index in [1.54, 1.807) is 31.5 Å². The van der Waals surface area contributed by atoms with Crippen molar-refractivity contribution in [1.29, 1.82) is 0 Å². The number of benzene rings is 2. The molecule has 1 aliphatic rings. The highest BCUT2D eigenvalue weighted by molar-refractivity contribution is 9.10. The second-order valence-electron chi connectivity index (χ2n) is 8.53. The van der Waals surface area contributed by atoms with Crippen molar-refractivity contribution in [3.05, 3.63) is 61.6 Å². The molecule has 33 heavy (non-hydrogen) atoms. The van der Waals surface area contributed by atoms with Crippen molar-refractivity contribution in [2.75, 3.05) is 7.11 Å². The van der Waals surface area contributed by atoms with E-state index in [1.807, 2.05) is 26.0 Å². The summed E-state index contributed by atoms with van der Waals surface area (Å²) in [5.41, 5.74) is 1.20. The summed E-state index contributed by atoms with van der Waals surface area (Å²) in [5.74, 6) is 1.92. The maximum atomic E-state index is 13.4. The van der Waals surface area contributed by atoms with Crippen LogP contribution in [-0.2, 0) is 0 Å². The molecule has 0 N–H and O–H groups in total. The van der Waals surface area contributed by atoms with Crippen LogP contribution in [-0.4, -0.2) is 29.1 Å². The summed E-state index contributed by atoms with van der Waals surface area (Å²) in [5, 5.41) is 5.53. The summed E-state index contributed by atoms with van der Waals surface area (Å²) in [6, 6.07) is 9.12. The van der Waals surface area contributed by atoms with Crippen LogP contribution < -0.4 is 15.0 Å². The molecule has 174 valence electrons. The smallest absolute Gasteiger partial charge is 0.282 e. The molecule has 8 heteroatoms. The van der Waals surface area contributed by atoms with E-state index >= 15 is 0 Å². The number of halogens is 2. The van der Waals surface area contributed by atoms with Crippen molar-refractivity contribution in [2.45, 2.75) is 58.0 Å². The Balaban J connectivity index is 1.81. The van der Waals surface area contributed by atoms with Crippen molar-refractivity contribution >= 4 is 44.6 Å². The van der Waals surface area contributed by atoms with Crippen molar-refractivity contribution in [2.24, 2.45) is 5.10 Å². The van der Waals surface area contributed by atoms with Gasteiger partial charge in [-0.2, -0.15) is 9.78 Å². The molecule has 1 heterocycles. The van der Waals surface area contributed by atoms with E-state index in [0.29, 0.717) is 38.8 Å². The van der Waals surface area contributed by atoms with Crippen LogP contribution in [0.5, 0.6) is 11.5 Å². The largest absolute Gasteiger partial charge is 0.493 e. The van der Waals surface area contributed by atoms with Crippen LogP contribution in [0.1, 0.15) is 63.3 Å². The average Bonchev–Trinajstić information content (AvgIpc) is 2.80. The lowest BCUT2D eigenvalue weighted by Gasteiger charge is -2.22. The summed E-state index contributed by atoms with van der Waals surface area (Å²) < 4.78 is 13.5. The van der Waals surface area contributed by atoms with Gasteiger partial charge in [-0.05, 0) is 62.6 Å². The lowest BCUT2D eigenvalue weighted by Crippen LogP contribution is -2.25. The average molecular weight is 533 g/mol. The summed E-state index contributed by atoms with van der Waals surface area (Å²) in [4.78, 5) is 18.3. The number of fused-ring (bicyclic) bond motifs is 1. The van der Waals surface area contributed by atoms with Crippen molar-refractivity contribution in [1.82, 2.24) is 9.66 Å². The zero-order chi connectivity index (χ0) is 23.5. The molecule has 1 saturated carbocycles. The molecule has 0 spiro atoms. The standard InChI is InChI=1S/C25H27BrClN3O3/c1-15(2)33-23-20(27)11-16(12-22(23)32-3)14-28-30-24(17-7-5-4-6-8-17)29-21-10-9-18(26)13-19(21)25(30)31/h9-15,17H,4-8H2,1-3H3. The molecule has 0 amide bonds. The van der Waals surface area contributed by atoms with Gasteiger partial charge in [0.1, 0.15) is 5.82 Å². The third-order valence-electron chi connectivity index (χ3n) is 5.73. The summed E-state index contributed by atoms with van der Waals surface area (Å²) >= 11 is 9.92. The van der Waals surface area contributed by atoms with Gasteiger partial charge in [0.15, 0.2) is 11.5 Å². The summed E-state index contributed by atoms with van der Waals surface area (Å²) in [6.45, 7) is 3.85. The molecule has 4 rings (SSSR count). The van der Waals surface area contributed by atoms with E-state index in [2.05, 4.69) is 21.0 Å². The Morgan fingerprint density at radius 1 is 1.21 bits per heavy atom. The van der Waals surface area contributed by atoms with E-state index in [-0.39, 0.29) is 17.6 Å². The number of ether oxygens (including phenoxy) is 2. The Morgan fingerprint density at radius 3 is 2.67 bits per heavy atom. The van der Waals surface area contributed by atoms with E-state index < -0.39 is 0 Å². The van der Waals surface area contributed by atoms with Crippen LogP contribution in [0.3, 0.4) is 0 Å². The van der Waals surface area contributed by atoms with Crippen LogP contribution >= 0.6 is 27.5 Å². The highest BCUT2D eigenvalue weighted by atomic mass is 79.9. The molecule has 0 atom stereocenters. The van der Waals surface area contributed by atoms with Gasteiger partial charge in [0.25, 0.3) is 5.56 Å². The topological polar surface area (TPSA) is 65.7 Å². The number of methoxy groups -OCH3 is 1. The minimum atomic E-state index is -0.184. The monoisotopic (exact) mass is 531 g/mol. The van der Waals surface area contributed by atoms with E-state index in [9.17, 15) is 4.79 Å². The second-order valence-corrected chi connectivity index (χ2v) is 9.85. The molecule has 1 fully saturated rings. The molecule has 0 radical (unpaired) electrons. The Bertz CT molecular complexity index is 1250. The maximum absolute atomic E-state index is 13.4. The van der Waals surface area contributed by atoms with Crippen LogP contribution in [0.2, 0.25) is 5.02 Å². The first-order chi connectivity index (χ1) is 15.9. The molecule has 0 aliphatic heterocycles. The minimum absolute atomic E-state index is 0.0458. The number of rotatable bonds is 6. The van der Waals surface area contributed by atoms with Gasteiger partial charge < -0.3 is 9.47 Å². The normalized spacial score (nSPS) is 15.0. The molecule has 2 aromatic carbocycles. The first kappa shape index (κ1) is 23.8. The second kappa shape index (κ2) is 10.3. The Hall–Kier alpha value is -2.38. The van der Waals surface area contributed by atoms with Gasteiger partial charge in [-0.25, -0.2) is 4.98 Å². The molecular weight excluding hydrogens is 506 g/mol. The molecule has 0 bridgehead atoms. The van der Waals surface area contributed by atoms with Gasteiger partial charge in [0, 0.05) is 10.4 Å². The SMILES string of the molecule is COc1cc(C=Nn2c(C3CCCCC3)nc3ccc(Br)cc3c2=O)cc(Cl)c1OC(C)C. The Labute approximate surface area is 206 Å². The predicted octanol–water partition coefficient (Wildman–Crippen LogP) is 6.54. The highest BCUT2D eigenvalue weighted by Gasteiger charge is 2.22. The number of hydrogen-bond donors (Lipinski definition) is 0. The first-order valence-corrected chi connectivity index (χ1v) is 12.3. The fourth-order valence-electron chi connectivity index (χ4n) is 4.19. The molecule has 1 aromatic heterocycles. The van der Waals surface area contributed by atoms with Gasteiger partial charge in [-0.1, -0.05) is 46.8 Å². The maximum Gasteiger partial charge on any atom is 0.282 e. The molecule has 0 saturated heterocycles. The van der Waals surface area contributed by atoms with Gasteiger partial charge in [0.2, 0.25) is 0 Å². The quantitative estimate of drug-likeness (QED) is 0.338. The molecule has 3 aromatic rings. The third-order valence-corrected chi connectivity index (χ3v) is 6.51. The zero-order valence-electron chi connectivity index (χ0n) is 19.0. The number of aromatic nitrogens is 2.